The van der Waals surface area contributed by atoms with Crippen LogP contribution >= 0.6 is 0 Å². The van der Waals surface area contributed by atoms with Gasteiger partial charge in [-0.2, -0.15) is 15.8 Å². The first-order valence-electron chi connectivity index (χ1n) is 29.1. The molecule has 0 radical (unpaired) electrons. The van der Waals surface area contributed by atoms with E-state index >= 15 is 0 Å². The second-order valence-corrected chi connectivity index (χ2v) is 23.1. The van der Waals surface area contributed by atoms with Crippen LogP contribution in [0.15, 0.2) is 237 Å². The fourth-order valence-electron chi connectivity index (χ4n) is 15.7. The van der Waals surface area contributed by atoms with Gasteiger partial charge in [-0.3, -0.25) is 0 Å². The van der Waals surface area contributed by atoms with Crippen molar-refractivity contribution in [3.05, 3.63) is 265 Å². The van der Waals surface area contributed by atoms with E-state index in [9.17, 15) is 15.8 Å². The number of rotatable bonds is 4. The molecule has 0 saturated heterocycles. The normalized spacial score (nSPS) is 12.3. The zero-order chi connectivity index (χ0) is 57.5. The van der Waals surface area contributed by atoms with Gasteiger partial charge in [0.15, 0.2) is 5.69 Å². The Hall–Kier alpha value is -12.4. The standard InChI is InChI=1S/C78H39BN8/c1-83-47-27-35-51(36-28-47)85-65-20-9-5-14-55(65)75-67(85)38-59-71-53-12-3-7-18-63(53)87(50-33-25-46(43-82)26-34-50)69(71)40-61-73(59)77(75)57-16-10-15-56-76-72-58(37-66-74(76)54-13-4-8-19-64(54)84(66)48-29-21-44(41-80)22-30-48)70-52-11-2-6-17-62(52)86(49-31-23-45(42-81)24-32-49)68(70)39-60(72)79(61)78(56)57/h2-40H. The van der Waals surface area contributed by atoms with Crippen LogP contribution in [0.3, 0.4) is 0 Å². The van der Waals surface area contributed by atoms with Crippen molar-refractivity contribution in [1.82, 2.24) is 18.3 Å². The van der Waals surface area contributed by atoms with Crippen LogP contribution in [0.25, 0.3) is 159 Å². The minimum Gasteiger partial charge on any atom is -0.309 e. The summed E-state index contributed by atoms with van der Waals surface area (Å²) >= 11 is 0. The van der Waals surface area contributed by atoms with Crippen molar-refractivity contribution >= 4 is 138 Å². The van der Waals surface area contributed by atoms with Gasteiger partial charge < -0.3 is 18.3 Å². The third-order valence-electron chi connectivity index (χ3n) is 19.0. The molecule has 17 aromatic rings. The zero-order valence-electron chi connectivity index (χ0n) is 46.2. The van der Waals surface area contributed by atoms with Crippen LogP contribution in [0, 0.1) is 40.6 Å². The van der Waals surface area contributed by atoms with Crippen LogP contribution < -0.4 is 16.4 Å². The van der Waals surface area contributed by atoms with Gasteiger partial charge in [0, 0.05) is 65.8 Å². The highest BCUT2D eigenvalue weighted by Gasteiger charge is 2.43. The van der Waals surface area contributed by atoms with Crippen LogP contribution in [-0.4, -0.2) is 25.0 Å². The Balaban J connectivity index is 1.06. The fourth-order valence-corrected chi connectivity index (χ4v) is 15.7. The average Bonchev–Trinajstić information content (AvgIpc) is 1.67. The summed E-state index contributed by atoms with van der Waals surface area (Å²) in [6.45, 7) is 7.63. The summed E-state index contributed by atoms with van der Waals surface area (Å²) in [5, 5.41) is 44.1. The summed E-state index contributed by atoms with van der Waals surface area (Å²) in [5.74, 6) is 0. The molecule has 2 aliphatic heterocycles. The van der Waals surface area contributed by atoms with Gasteiger partial charge >= 0.3 is 0 Å². The maximum absolute atomic E-state index is 10.1. The van der Waals surface area contributed by atoms with Gasteiger partial charge in [0.2, 0.25) is 6.71 Å². The molecular weight excluding hydrogens is 1060 g/mol. The highest BCUT2D eigenvalue weighted by molar-refractivity contribution is 7.02. The maximum Gasteiger partial charge on any atom is 0.244 e. The molecule has 4 aromatic heterocycles. The number of benzene rings is 13. The number of aromatic nitrogens is 4. The molecule has 13 aromatic carbocycles. The largest absolute Gasteiger partial charge is 0.309 e. The van der Waals surface area contributed by atoms with Crippen molar-refractivity contribution in [3.63, 3.8) is 0 Å². The summed E-state index contributed by atoms with van der Waals surface area (Å²) in [7, 11) is 0. The molecular formula is C78H39BN8. The van der Waals surface area contributed by atoms with Gasteiger partial charge in [-0.05, 0) is 177 Å². The van der Waals surface area contributed by atoms with E-state index in [0.29, 0.717) is 22.4 Å². The smallest absolute Gasteiger partial charge is 0.244 e. The molecule has 0 saturated carbocycles. The highest BCUT2D eigenvalue weighted by atomic mass is 15.0. The second-order valence-electron chi connectivity index (χ2n) is 23.1. The molecule has 19 rings (SSSR count). The highest BCUT2D eigenvalue weighted by Crippen LogP contribution is 2.52. The fraction of sp³-hybridized carbons (Fsp3) is 0. The molecule has 8 nitrogen and oxygen atoms in total. The van der Waals surface area contributed by atoms with Crippen molar-refractivity contribution in [3.8, 4) is 63.2 Å². The van der Waals surface area contributed by atoms with Gasteiger partial charge in [0.05, 0.1) is 85.6 Å². The first-order chi connectivity index (χ1) is 43.0. The van der Waals surface area contributed by atoms with Crippen LogP contribution in [0.4, 0.5) is 5.69 Å². The molecule has 0 bridgehead atoms. The molecule has 0 unspecified atom stereocenters. The first kappa shape index (κ1) is 47.1. The molecule has 394 valence electrons. The van der Waals surface area contributed by atoms with E-state index in [-0.39, 0.29) is 6.71 Å². The molecule has 0 aliphatic carbocycles. The van der Waals surface area contributed by atoms with E-state index in [1.165, 1.54) is 54.8 Å². The summed E-state index contributed by atoms with van der Waals surface area (Å²) < 4.78 is 9.57. The zero-order valence-corrected chi connectivity index (χ0v) is 46.2. The van der Waals surface area contributed by atoms with Crippen molar-refractivity contribution < 1.29 is 0 Å². The Labute approximate surface area is 496 Å². The minimum atomic E-state index is -0.272. The van der Waals surface area contributed by atoms with Gasteiger partial charge in [-0.1, -0.05) is 120 Å². The number of nitrogens with zero attached hydrogens (tertiary/aromatic N) is 8. The van der Waals surface area contributed by atoms with Gasteiger partial charge in [0.25, 0.3) is 0 Å². The van der Waals surface area contributed by atoms with Gasteiger partial charge in [0.1, 0.15) is 0 Å². The first-order valence-corrected chi connectivity index (χ1v) is 29.1. The predicted molar refractivity (Wildman–Crippen MR) is 355 cm³/mol. The number of fused-ring (bicyclic) bond motifs is 20. The maximum atomic E-state index is 10.1. The number of hydrogen-bond donors (Lipinski definition) is 0. The lowest BCUT2D eigenvalue weighted by atomic mass is 9.31. The summed E-state index contributed by atoms with van der Waals surface area (Å²) in [5.41, 5.74) is 23.2. The summed E-state index contributed by atoms with van der Waals surface area (Å²) in [4.78, 5) is 3.80. The van der Waals surface area contributed by atoms with E-state index in [4.69, 9.17) is 6.57 Å². The lowest BCUT2D eigenvalue weighted by molar-refractivity contribution is 1.18. The third kappa shape index (κ3) is 6.06. The lowest BCUT2D eigenvalue weighted by Gasteiger charge is -2.35. The lowest BCUT2D eigenvalue weighted by Crippen LogP contribution is -2.57. The SMILES string of the molecule is [C-]#[N+]c1ccc(-n2c3ccccc3c3c4c5c(cc6c(c5cc32)c2ccccc2n6-c2ccc(C#N)cc2)B2c3c(cccc3-4)-c3c4c2cc2c(c4cc4c3c3ccccc3n4-c3ccc(C#N)cc3)c3ccccc3n2-c2ccc(C#N)cc2)cc1. The average molecular weight is 1100 g/mol. The minimum absolute atomic E-state index is 0.272. The molecule has 6 heterocycles. The Bertz CT molecular complexity index is 5830. The monoisotopic (exact) mass is 1100 g/mol. The van der Waals surface area contributed by atoms with Gasteiger partial charge in [-0.25, -0.2) is 4.85 Å². The molecule has 87 heavy (non-hydrogen) atoms. The van der Waals surface area contributed by atoms with Crippen LogP contribution in [0.5, 0.6) is 0 Å². The second kappa shape index (κ2) is 17.1. The molecule has 0 amide bonds. The number of para-hydroxylation sites is 4. The molecule has 9 heteroatoms. The summed E-state index contributed by atoms with van der Waals surface area (Å²) in [6.07, 6.45) is 0. The van der Waals surface area contributed by atoms with Crippen LogP contribution in [0.1, 0.15) is 16.7 Å². The Kier molecular flexibility index (Phi) is 9.27. The van der Waals surface area contributed by atoms with E-state index in [0.717, 1.165) is 115 Å². The van der Waals surface area contributed by atoms with Gasteiger partial charge in [-0.15, -0.1) is 0 Å². The van der Waals surface area contributed by atoms with Crippen molar-refractivity contribution in [2.45, 2.75) is 0 Å². The van der Waals surface area contributed by atoms with E-state index in [1.807, 2.05) is 48.5 Å². The summed E-state index contributed by atoms with van der Waals surface area (Å²) in [6, 6.07) is 90.9. The topological polar surface area (TPSA) is 95.4 Å². The predicted octanol–water partition coefficient (Wildman–Crippen LogP) is 17.0. The van der Waals surface area contributed by atoms with E-state index in [2.05, 4.69) is 229 Å². The molecule has 0 atom stereocenters. The molecule has 0 fully saturated rings. The molecule has 0 spiro atoms. The molecule has 2 aliphatic rings. The van der Waals surface area contributed by atoms with E-state index in [1.54, 1.807) is 0 Å². The number of hydrogen-bond acceptors (Lipinski definition) is 3. The number of nitriles is 3. The molecule has 0 N–H and O–H groups in total. The van der Waals surface area contributed by atoms with Crippen molar-refractivity contribution in [2.75, 3.05) is 0 Å². The Morgan fingerprint density at radius 2 is 0.632 bits per heavy atom. The quantitative estimate of drug-likeness (QED) is 0.130. The Morgan fingerprint density at radius 3 is 0.977 bits per heavy atom. The Morgan fingerprint density at radius 1 is 0.310 bits per heavy atom. The van der Waals surface area contributed by atoms with Crippen molar-refractivity contribution in [1.29, 1.82) is 15.8 Å². The van der Waals surface area contributed by atoms with Crippen LogP contribution in [-0.2, 0) is 0 Å². The van der Waals surface area contributed by atoms with Crippen molar-refractivity contribution in [2.24, 2.45) is 0 Å². The third-order valence-corrected chi connectivity index (χ3v) is 19.0. The van der Waals surface area contributed by atoms with Crippen LogP contribution in [0.2, 0.25) is 0 Å². The van der Waals surface area contributed by atoms with E-state index < -0.39 is 0 Å².